The minimum absolute atomic E-state index is 0.0169. The van der Waals surface area contributed by atoms with Gasteiger partial charge in [0.2, 0.25) is 0 Å². The summed E-state index contributed by atoms with van der Waals surface area (Å²) in [5.74, 6) is 1.35. The summed E-state index contributed by atoms with van der Waals surface area (Å²) in [4.78, 5) is 2.50. The molecule has 0 radical (unpaired) electrons. The molecule has 0 amide bonds. The van der Waals surface area contributed by atoms with Crippen LogP contribution >= 0.6 is 0 Å². The SMILES string of the molecule is CCN(CC)CCCNCC[C@@H](c1ccc(C)cc1)[C@@H]1CCOC(C)(C)C1. The molecule has 1 aromatic rings. The minimum Gasteiger partial charge on any atom is -0.376 e. The molecule has 1 fully saturated rings. The van der Waals surface area contributed by atoms with Crippen LogP contribution < -0.4 is 5.32 Å². The van der Waals surface area contributed by atoms with Gasteiger partial charge in [0.25, 0.3) is 0 Å². The lowest BCUT2D eigenvalue weighted by Gasteiger charge is -2.39. The number of ether oxygens (including phenoxy) is 1. The van der Waals surface area contributed by atoms with E-state index in [1.54, 1.807) is 0 Å². The zero-order valence-corrected chi connectivity index (χ0v) is 18.4. The molecule has 2 atom stereocenters. The van der Waals surface area contributed by atoms with E-state index in [0.29, 0.717) is 11.8 Å². The number of nitrogens with one attached hydrogen (secondary N) is 1. The maximum Gasteiger partial charge on any atom is 0.0629 e. The molecular formula is C24H42N2O. The third-order valence-electron chi connectivity index (χ3n) is 6.16. The number of aryl methyl sites for hydroxylation is 1. The predicted molar refractivity (Wildman–Crippen MR) is 117 cm³/mol. The van der Waals surface area contributed by atoms with E-state index in [4.69, 9.17) is 4.74 Å². The van der Waals surface area contributed by atoms with Crippen molar-refractivity contribution in [1.29, 1.82) is 0 Å². The lowest BCUT2D eigenvalue weighted by Crippen LogP contribution is -2.37. The molecule has 0 bridgehead atoms. The van der Waals surface area contributed by atoms with Crippen LogP contribution in [-0.4, -0.2) is 49.8 Å². The van der Waals surface area contributed by atoms with Gasteiger partial charge in [0.05, 0.1) is 5.60 Å². The average Bonchev–Trinajstić information content (AvgIpc) is 2.64. The van der Waals surface area contributed by atoms with Crippen LogP contribution in [0.1, 0.15) is 70.4 Å². The van der Waals surface area contributed by atoms with Gasteiger partial charge in [-0.3, -0.25) is 0 Å². The van der Waals surface area contributed by atoms with E-state index in [1.807, 2.05) is 0 Å². The van der Waals surface area contributed by atoms with Gasteiger partial charge < -0.3 is 15.0 Å². The lowest BCUT2D eigenvalue weighted by atomic mass is 9.75. The molecule has 1 aliphatic heterocycles. The Balaban J connectivity index is 1.88. The zero-order valence-electron chi connectivity index (χ0n) is 18.4. The third-order valence-corrected chi connectivity index (χ3v) is 6.16. The van der Waals surface area contributed by atoms with Gasteiger partial charge >= 0.3 is 0 Å². The van der Waals surface area contributed by atoms with Crippen molar-refractivity contribution < 1.29 is 4.74 Å². The van der Waals surface area contributed by atoms with E-state index in [9.17, 15) is 0 Å². The lowest BCUT2D eigenvalue weighted by molar-refractivity contribution is -0.0771. The maximum atomic E-state index is 5.98. The molecule has 1 N–H and O–H groups in total. The van der Waals surface area contributed by atoms with Crippen molar-refractivity contribution in [1.82, 2.24) is 10.2 Å². The van der Waals surface area contributed by atoms with E-state index < -0.39 is 0 Å². The van der Waals surface area contributed by atoms with E-state index >= 15 is 0 Å². The quantitative estimate of drug-likeness (QED) is 0.552. The van der Waals surface area contributed by atoms with Gasteiger partial charge in [-0.25, -0.2) is 0 Å². The number of rotatable bonds is 11. The molecule has 154 valence electrons. The summed E-state index contributed by atoms with van der Waals surface area (Å²) < 4.78 is 5.98. The first-order chi connectivity index (χ1) is 12.9. The molecule has 1 aliphatic rings. The van der Waals surface area contributed by atoms with Crippen molar-refractivity contribution in [3.8, 4) is 0 Å². The highest BCUT2D eigenvalue weighted by Gasteiger charge is 2.33. The summed E-state index contributed by atoms with van der Waals surface area (Å²) in [6, 6.07) is 9.24. The van der Waals surface area contributed by atoms with Crippen LogP contribution in [0, 0.1) is 12.8 Å². The Kier molecular flexibility index (Phi) is 9.28. The van der Waals surface area contributed by atoms with Crippen LogP contribution in [0.5, 0.6) is 0 Å². The van der Waals surface area contributed by atoms with Crippen molar-refractivity contribution in [2.24, 2.45) is 5.92 Å². The number of benzene rings is 1. The minimum atomic E-state index is 0.0169. The van der Waals surface area contributed by atoms with Crippen LogP contribution in [0.4, 0.5) is 0 Å². The van der Waals surface area contributed by atoms with Crippen molar-refractivity contribution in [2.75, 3.05) is 39.3 Å². The molecule has 1 heterocycles. The van der Waals surface area contributed by atoms with Crippen molar-refractivity contribution >= 4 is 0 Å². The summed E-state index contributed by atoms with van der Waals surface area (Å²) in [6.07, 6.45) is 4.80. The van der Waals surface area contributed by atoms with Crippen LogP contribution in [0.25, 0.3) is 0 Å². The smallest absolute Gasteiger partial charge is 0.0629 e. The third kappa shape index (κ3) is 7.56. The summed E-state index contributed by atoms with van der Waals surface area (Å²) in [5.41, 5.74) is 2.87. The second-order valence-corrected chi connectivity index (χ2v) is 8.80. The van der Waals surface area contributed by atoms with E-state index in [-0.39, 0.29) is 5.60 Å². The predicted octanol–water partition coefficient (Wildman–Crippen LogP) is 5.00. The number of hydrogen-bond acceptors (Lipinski definition) is 3. The monoisotopic (exact) mass is 374 g/mol. The van der Waals surface area contributed by atoms with Gasteiger partial charge in [-0.05, 0) is 96.6 Å². The Hall–Kier alpha value is -0.900. The Morgan fingerprint density at radius 3 is 2.48 bits per heavy atom. The fraction of sp³-hybridized carbons (Fsp3) is 0.750. The molecule has 2 rings (SSSR count). The molecule has 0 aromatic heterocycles. The van der Waals surface area contributed by atoms with Gasteiger partial charge in [-0.1, -0.05) is 43.7 Å². The molecule has 1 saturated heterocycles. The van der Waals surface area contributed by atoms with E-state index in [1.165, 1.54) is 36.9 Å². The molecule has 0 saturated carbocycles. The first-order valence-electron chi connectivity index (χ1n) is 11.1. The second-order valence-electron chi connectivity index (χ2n) is 8.80. The van der Waals surface area contributed by atoms with Crippen LogP contribution in [0.15, 0.2) is 24.3 Å². The van der Waals surface area contributed by atoms with Gasteiger partial charge in [-0.2, -0.15) is 0 Å². The van der Waals surface area contributed by atoms with E-state index in [2.05, 4.69) is 69.1 Å². The van der Waals surface area contributed by atoms with Crippen molar-refractivity contribution in [3.05, 3.63) is 35.4 Å². The van der Waals surface area contributed by atoms with Gasteiger partial charge in [0, 0.05) is 6.61 Å². The summed E-state index contributed by atoms with van der Waals surface area (Å²) >= 11 is 0. The first kappa shape index (κ1) is 22.4. The highest BCUT2D eigenvalue weighted by Crippen LogP contribution is 2.39. The fourth-order valence-corrected chi connectivity index (χ4v) is 4.46. The second kappa shape index (κ2) is 11.2. The largest absolute Gasteiger partial charge is 0.376 e. The molecule has 0 aliphatic carbocycles. The Morgan fingerprint density at radius 2 is 1.85 bits per heavy atom. The Bertz CT molecular complexity index is 522. The normalized spacial score (nSPS) is 20.7. The average molecular weight is 375 g/mol. The first-order valence-corrected chi connectivity index (χ1v) is 11.1. The van der Waals surface area contributed by atoms with Crippen LogP contribution in [0.3, 0.4) is 0 Å². The summed E-state index contributed by atoms with van der Waals surface area (Å²) in [6.45, 7) is 17.8. The topological polar surface area (TPSA) is 24.5 Å². The Morgan fingerprint density at radius 1 is 1.15 bits per heavy atom. The van der Waals surface area contributed by atoms with Gasteiger partial charge in [-0.15, -0.1) is 0 Å². The van der Waals surface area contributed by atoms with Gasteiger partial charge in [0.1, 0.15) is 0 Å². The standard InChI is InChI=1S/C24H42N2O/c1-6-26(7-2)17-8-15-25-16-13-23(21-11-9-20(3)10-12-21)22-14-18-27-24(4,5)19-22/h9-12,22-23,25H,6-8,13-19H2,1-5H3/t22-,23+/m1/s1. The van der Waals surface area contributed by atoms with Crippen molar-refractivity contribution in [2.45, 2.75) is 71.8 Å². The highest BCUT2D eigenvalue weighted by atomic mass is 16.5. The summed E-state index contributed by atoms with van der Waals surface area (Å²) in [5, 5.41) is 3.70. The maximum absolute atomic E-state index is 5.98. The molecular weight excluding hydrogens is 332 g/mol. The van der Waals surface area contributed by atoms with E-state index in [0.717, 1.165) is 39.2 Å². The Labute approximate surface area is 167 Å². The molecule has 1 aromatic carbocycles. The van der Waals surface area contributed by atoms with Crippen LogP contribution in [-0.2, 0) is 4.74 Å². The number of hydrogen-bond donors (Lipinski definition) is 1. The van der Waals surface area contributed by atoms with Crippen LogP contribution in [0.2, 0.25) is 0 Å². The highest BCUT2D eigenvalue weighted by molar-refractivity contribution is 5.25. The zero-order chi connectivity index (χ0) is 19.7. The molecule has 27 heavy (non-hydrogen) atoms. The van der Waals surface area contributed by atoms with Crippen molar-refractivity contribution in [3.63, 3.8) is 0 Å². The van der Waals surface area contributed by atoms with Gasteiger partial charge in [0.15, 0.2) is 0 Å². The molecule has 0 spiro atoms. The summed E-state index contributed by atoms with van der Waals surface area (Å²) in [7, 11) is 0. The molecule has 3 heteroatoms. The molecule has 0 unspecified atom stereocenters. The fourth-order valence-electron chi connectivity index (χ4n) is 4.46. The number of nitrogens with zero attached hydrogens (tertiary/aromatic N) is 1. The molecule has 3 nitrogen and oxygen atoms in total.